The number of nitrogens with two attached hydrogens (primary N) is 2. The average Bonchev–Trinajstić information content (AvgIpc) is 3.20. The fraction of sp³-hybridized carbons (Fsp3) is 0.800. The van der Waals surface area contributed by atoms with Crippen molar-refractivity contribution in [2.75, 3.05) is 19.7 Å². The van der Waals surface area contributed by atoms with Crippen LogP contribution in [0.4, 0.5) is 0 Å². The van der Waals surface area contributed by atoms with Gasteiger partial charge in [-0.2, -0.15) is 0 Å². The van der Waals surface area contributed by atoms with E-state index in [1.54, 1.807) is 0 Å². The van der Waals surface area contributed by atoms with Gasteiger partial charge in [-0.15, -0.1) is 0 Å². The van der Waals surface area contributed by atoms with Crippen molar-refractivity contribution in [1.82, 2.24) is 15.5 Å². The fourth-order valence-electron chi connectivity index (χ4n) is 3.59. The van der Waals surface area contributed by atoms with Crippen LogP contribution in [0.5, 0.6) is 0 Å². The maximum atomic E-state index is 12.9. The smallest absolute Gasteiger partial charge is 0.326 e. The minimum absolute atomic E-state index is 0.0562. The molecule has 1 aliphatic rings. The summed E-state index contributed by atoms with van der Waals surface area (Å²) in [6.07, 6.45) is 2.77. The molecule has 0 aliphatic carbocycles. The molecular weight excluding hydrogens is 406 g/mol. The lowest BCUT2D eigenvalue weighted by atomic mass is 10.0. The largest absolute Gasteiger partial charge is 0.480 e. The van der Waals surface area contributed by atoms with Crippen LogP contribution in [-0.2, 0) is 19.2 Å². The summed E-state index contributed by atoms with van der Waals surface area (Å²) in [6.45, 7) is 4.02. The highest BCUT2D eigenvalue weighted by molar-refractivity contribution is 5.94. The minimum Gasteiger partial charge on any atom is -0.480 e. The first kappa shape index (κ1) is 26.8. The SMILES string of the molecule is CC(C)CC(NC(=O)C1CCCN1C(=O)C(N)CO)C(=O)NC(CCCCN)C(=O)O. The van der Waals surface area contributed by atoms with Crippen molar-refractivity contribution in [2.24, 2.45) is 17.4 Å². The molecule has 0 aromatic heterocycles. The molecule has 1 heterocycles. The highest BCUT2D eigenvalue weighted by Gasteiger charge is 2.37. The zero-order chi connectivity index (χ0) is 23.6. The number of hydrogen-bond donors (Lipinski definition) is 6. The van der Waals surface area contributed by atoms with Crippen LogP contribution in [0.3, 0.4) is 0 Å². The van der Waals surface area contributed by atoms with Crippen LogP contribution in [-0.4, -0.2) is 82.7 Å². The zero-order valence-corrected chi connectivity index (χ0v) is 18.4. The molecule has 4 atom stereocenters. The predicted octanol–water partition coefficient (Wildman–Crippen LogP) is -1.47. The van der Waals surface area contributed by atoms with Gasteiger partial charge in [0.15, 0.2) is 0 Å². The van der Waals surface area contributed by atoms with Crippen molar-refractivity contribution in [2.45, 2.75) is 76.5 Å². The third-order valence-electron chi connectivity index (χ3n) is 5.25. The maximum Gasteiger partial charge on any atom is 0.326 e. The molecule has 0 bridgehead atoms. The molecule has 1 rings (SSSR count). The van der Waals surface area contributed by atoms with Crippen LogP contribution in [0.25, 0.3) is 0 Å². The van der Waals surface area contributed by atoms with Gasteiger partial charge in [0.1, 0.15) is 24.2 Å². The Morgan fingerprint density at radius 1 is 1.13 bits per heavy atom. The predicted molar refractivity (Wildman–Crippen MR) is 114 cm³/mol. The van der Waals surface area contributed by atoms with Gasteiger partial charge >= 0.3 is 5.97 Å². The first-order valence-corrected chi connectivity index (χ1v) is 10.8. The Morgan fingerprint density at radius 2 is 1.81 bits per heavy atom. The van der Waals surface area contributed by atoms with Crippen molar-refractivity contribution in [3.05, 3.63) is 0 Å². The van der Waals surface area contributed by atoms with E-state index in [2.05, 4.69) is 10.6 Å². The van der Waals surface area contributed by atoms with Crippen LogP contribution in [0.1, 0.15) is 52.4 Å². The number of carbonyl (C=O) groups is 4. The molecular formula is C20H37N5O6. The molecule has 0 spiro atoms. The third kappa shape index (κ3) is 8.42. The van der Waals surface area contributed by atoms with E-state index >= 15 is 0 Å². The summed E-state index contributed by atoms with van der Waals surface area (Å²) in [4.78, 5) is 50.9. The Balaban J connectivity index is 2.86. The molecule has 0 radical (unpaired) electrons. The van der Waals surface area contributed by atoms with E-state index in [1.807, 2.05) is 13.8 Å². The number of nitrogens with zero attached hydrogens (tertiary/aromatic N) is 1. The van der Waals surface area contributed by atoms with Gasteiger partial charge < -0.3 is 37.2 Å². The lowest BCUT2D eigenvalue weighted by molar-refractivity contribution is -0.143. The number of likely N-dealkylation sites (tertiary alicyclic amines) is 1. The number of rotatable bonds is 13. The summed E-state index contributed by atoms with van der Waals surface area (Å²) >= 11 is 0. The van der Waals surface area contributed by atoms with E-state index in [-0.39, 0.29) is 12.3 Å². The lowest BCUT2D eigenvalue weighted by Gasteiger charge is -2.28. The van der Waals surface area contributed by atoms with Crippen LogP contribution < -0.4 is 22.1 Å². The minimum atomic E-state index is -1.15. The second-order valence-electron chi connectivity index (χ2n) is 8.35. The summed E-state index contributed by atoms with van der Waals surface area (Å²) in [7, 11) is 0. The maximum absolute atomic E-state index is 12.9. The van der Waals surface area contributed by atoms with Crippen LogP contribution >= 0.6 is 0 Å². The first-order chi connectivity index (χ1) is 14.6. The van der Waals surface area contributed by atoms with Gasteiger partial charge in [0.2, 0.25) is 17.7 Å². The molecule has 11 heteroatoms. The molecule has 1 saturated heterocycles. The van der Waals surface area contributed by atoms with Crippen molar-refractivity contribution in [3.8, 4) is 0 Å². The number of nitrogens with one attached hydrogen (secondary N) is 2. The van der Waals surface area contributed by atoms with Crippen molar-refractivity contribution >= 4 is 23.7 Å². The number of carboxylic acid groups (broad SMARTS) is 1. The molecule has 1 aliphatic heterocycles. The van der Waals surface area contributed by atoms with Crippen molar-refractivity contribution in [1.29, 1.82) is 0 Å². The molecule has 31 heavy (non-hydrogen) atoms. The van der Waals surface area contributed by atoms with Crippen molar-refractivity contribution in [3.63, 3.8) is 0 Å². The van der Waals surface area contributed by atoms with Gasteiger partial charge in [-0.05, 0) is 51.0 Å². The summed E-state index contributed by atoms with van der Waals surface area (Å²) in [5.41, 5.74) is 11.0. The fourth-order valence-corrected chi connectivity index (χ4v) is 3.59. The molecule has 0 aromatic carbocycles. The summed E-state index contributed by atoms with van der Waals surface area (Å²) in [5, 5.41) is 23.7. The summed E-state index contributed by atoms with van der Waals surface area (Å²) in [5.74, 6) is -2.68. The Kier molecular flexibility index (Phi) is 11.4. The Bertz CT molecular complexity index is 629. The third-order valence-corrected chi connectivity index (χ3v) is 5.25. The molecule has 178 valence electrons. The molecule has 0 aromatic rings. The van der Waals surface area contributed by atoms with Gasteiger partial charge in [-0.3, -0.25) is 14.4 Å². The normalized spacial score (nSPS) is 19.0. The topological polar surface area (TPSA) is 188 Å². The van der Waals surface area contributed by atoms with E-state index < -0.39 is 54.5 Å². The van der Waals surface area contributed by atoms with Crippen molar-refractivity contribution < 1.29 is 29.4 Å². The monoisotopic (exact) mass is 443 g/mol. The second kappa shape index (κ2) is 13.2. The van der Waals surface area contributed by atoms with E-state index in [0.717, 1.165) is 0 Å². The first-order valence-electron chi connectivity index (χ1n) is 10.8. The van der Waals surface area contributed by atoms with E-state index in [9.17, 15) is 24.3 Å². The molecule has 8 N–H and O–H groups in total. The van der Waals surface area contributed by atoms with E-state index in [0.29, 0.717) is 45.2 Å². The van der Waals surface area contributed by atoms with Gasteiger partial charge in [0.25, 0.3) is 0 Å². The highest BCUT2D eigenvalue weighted by Crippen LogP contribution is 2.19. The van der Waals surface area contributed by atoms with Crippen LogP contribution in [0.2, 0.25) is 0 Å². The number of carboxylic acids is 1. The second-order valence-corrected chi connectivity index (χ2v) is 8.35. The number of unbranched alkanes of at least 4 members (excludes halogenated alkanes) is 1. The lowest BCUT2D eigenvalue weighted by Crippen LogP contribution is -2.57. The molecule has 4 unspecified atom stereocenters. The number of amides is 3. The zero-order valence-electron chi connectivity index (χ0n) is 18.4. The summed E-state index contributed by atoms with van der Waals surface area (Å²) in [6, 6.07) is -3.90. The van der Waals surface area contributed by atoms with Gasteiger partial charge in [-0.25, -0.2) is 4.79 Å². The van der Waals surface area contributed by atoms with E-state index in [1.165, 1.54) is 4.90 Å². The van der Waals surface area contributed by atoms with Gasteiger partial charge in [0, 0.05) is 6.54 Å². The Labute approximate surface area is 182 Å². The molecule has 3 amide bonds. The van der Waals surface area contributed by atoms with Crippen LogP contribution in [0.15, 0.2) is 0 Å². The Hall–Kier alpha value is -2.24. The highest BCUT2D eigenvalue weighted by atomic mass is 16.4. The molecule has 1 fully saturated rings. The quantitative estimate of drug-likeness (QED) is 0.186. The van der Waals surface area contributed by atoms with Gasteiger partial charge in [-0.1, -0.05) is 13.8 Å². The summed E-state index contributed by atoms with van der Waals surface area (Å²) < 4.78 is 0. The number of aliphatic hydroxyl groups excluding tert-OH is 1. The Morgan fingerprint density at radius 3 is 2.35 bits per heavy atom. The molecule has 0 saturated carbocycles. The van der Waals surface area contributed by atoms with E-state index in [4.69, 9.17) is 16.6 Å². The number of aliphatic hydroxyl groups is 1. The van der Waals surface area contributed by atoms with Crippen LogP contribution in [0, 0.1) is 5.92 Å². The molecule has 11 nitrogen and oxygen atoms in total. The number of aliphatic carboxylic acids is 1. The number of carbonyl (C=O) groups excluding carboxylic acids is 3. The number of hydrogen-bond acceptors (Lipinski definition) is 7. The standard InChI is InChI=1S/C20H37N5O6/c1-12(2)10-15(17(27)23-14(20(30)31)6-3-4-8-21)24-18(28)16-7-5-9-25(16)19(29)13(22)11-26/h12-16,26H,3-11,21-22H2,1-2H3,(H,23,27)(H,24,28)(H,30,31). The average molecular weight is 444 g/mol. The van der Waals surface area contributed by atoms with Gasteiger partial charge in [0.05, 0.1) is 6.61 Å².